The fraction of sp³-hybridized carbons (Fsp3) is 0.250. The number of rotatable bonds is 5. The largest absolute Gasteiger partial charge is 0.354 e. The minimum atomic E-state index is -0.579. The molecular weight excluding hydrogens is 400 g/mol. The van der Waals surface area contributed by atoms with Crippen LogP contribution in [0, 0.1) is 27.4 Å². The molecule has 1 aliphatic rings. The highest BCUT2D eigenvalue weighted by Crippen LogP contribution is 2.25. The first-order valence-electron chi connectivity index (χ1n) is 9.61. The standard InChI is InChI=1S/C20H18N8O3/c21-11-15-10-16(28(30)31)3-4-17(15)23-20(29)14-2-1-8-26(12-14)18-5-6-19(25-24-18)27-9-7-22-13-27/h3-7,9-10,13-14H,1-2,8,12H2,(H,23,29). The summed E-state index contributed by atoms with van der Waals surface area (Å²) >= 11 is 0. The molecule has 4 rings (SSSR count). The van der Waals surface area contributed by atoms with Gasteiger partial charge in [-0.1, -0.05) is 0 Å². The summed E-state index contributed by atoms with van der Waals surface area (Å²) in [6, 6.07) is 9.39. The third-order valence-corrected chi connectivity index (χ3v) is 5.11. The number of carbonyl (C=O) groups excluding carboxylic acids is 1. The number of nitro benzene ring substituents is 1. The molecule has 0 spiro atoms. The number of carbonyl (C=O) groups is 1. The quantitative estimate of drug-likeness (QED) is 0.491. The van der Waals surface area contributed by atoms with E-state index in [-0.39, 0.29) is 28.8 Å². The molecule has 0 saturated carbocycles. The summed E-state index contributed by atoms with van der Waals surface area (Å²) in [7, 11) is 0. The molecule has 1 aromatic carbocycles. The fourth-order valence-electron chi connectivity index (χ4n) is 3.50. The van der Waals surface area contributed by atoms with Crippen molar-refractivity contribution in [3.63, 3.8) is 0 Å². The zero-order chi connectivity index (χ0) is 21.8. The smallest absolute Gasteiger partial charge is 0.270 e. The lowest BCUT2D eigenvalue weighted by molar-refractivity contribution is -0.384. The minimum Gasteiger partial charge on any atom is -0.354 e. The van der Waals surface area contributed by atoms with Crippen molar-refractivity contribution < 1.29 is 9.72 Å². The van der Waals surface area contributed by atoms with Crippen molar-refractivity contribution in [1.82, 2.24) is 19.7 Å². The Labute approximate surface area is 177 Å². The van der Waals surface area contributed by atoms with Gasteiger partial charge in [-0.15, -0.1) is 10.2 Å². The summed E-state index contributed by atoms with van der Waals surface area (Å²) in [5, 5.41) is 31.4. The van der Waals surface area contributed by atoms with E-state index in [0.29, 0.717) is 24.6 Å². The molecular formula is C20H18N8O3. The zero-order valence-corrected chi connectivity index (χ0v) is 16.4. The summed E-state index contributed by atoms with van der Waals surface area (Å²) in [5.41, 5.74) is 0.118. The van der Waals surface area contributed by atoms with Crippen molar-refractivity contribution in [3.8, 4) is 11.9 Å². The molecule has 11 nitrogen and oxygen atoms in total. The molecule has 3 heterocycles. The lowest BCUT2D eigenvalue weighted by atomic mass is 9.97. The molecule has 0 bridgehead atoms. The molecule has 2 aromatic heterocycles. The van der Waals surface area contributed by atoms with E-state index in [1.54, 1.807) is 23.3 Å². The van der Waals surface area contributed by atoms with E-state index in [9.17, 15) is 20.2 Å². The van der Waals surface area contributed by atoms with Gasteiger partial charge in [-0.25, -0.2) is 4.98 Å². The highest BCUT2D eigenvalue weighted by atomic mass is 16.6. The van der Waals surface area contributed by atoms with Gasteiger partial charge in [-0.2, -0.15) is 5.26 Å². The highest BCUT2D eigenvalue weighted by Gasteiger charge is 2.27. The second kappa shape index (κ2) is 8.58. The maximum Gasteiger partial charge on any atom is 0.270 e. The second-order valence-corrected chi connectivity index (χ2v) is 7.09. The summed E-state index contributed by atoms with van der Waals surface area (Å²) in [5.74, 6) is 0.771. The SMILES string of the molecule is N#Cc1cc([N+](=O)[O-])ccc1NC(=O)C1CCCN(c2ccc(-n3ccnc3)nn2)C1. The number of anilines is 2. The molecule has 11 heteroatoms. The maximum atomic E-state index is 12.8. The predicted octanol–water partition coefficient (Wildman–Crippen LogP) is 2.30. The number of nitro groups is 1. The van der Waals surface area contributed by atoms with E-state index < -0.39 is 4.92 Å². The number of aromatic nitrogens is 4. The van der Waals surface area contributed by atoms with Gasteiger partial charge in [0.05, 0.1) is 22.1 Å². The van der Waals surface area contributed by atoms with Crippen molar-refractivity contribution in [1.29, 1.82) is 5.26 Å². The Morgan fingerprint density at radius 1 is 1.26 bits per heavy atom. The summed E-state index contributed by atoms with van der Waals surface area (Å²) in [6.45, 7) is 1.21. The number of amides is 1. The van der Waals surface area contributed by atoms with Gasteiger partial charge in [0.1, 0.15) is 12.4 Å². The van der Waals surface area contributed by atoms with E-state index >= 15 is 0 Å². The topological polar surface area (TPSA) is 143 Å². The Morgan fingerprint density at radius 3 is 2.74 bits per heavy atom. The van der Waals surface area contributed by atoms with E-state index in [1.807, 2.05) is 23.1 Å². The van der Waals surface area contributed by atoms with Gasteiger partial charge in [-0.3, -0.25) is 19.5 Å². The highest BCUT2D eigenvalue weighted by molar-refractivity contribution is 5.94. The van der Waals surface area contributed by atoms with Crippen molar-refractivity contribution in [3.05, 3.63) is 64.7 Å². The lowest BCUT2D eigenvalue weighted by Gasteiger charge is -2.32. The summed E-state index contributed by atoms with van der Waals surface area (Å²) in [6.07, 6.45) is 6.57. The van der Waals surface area contributed by atoms with Crippen LogP contribution in [0.15, 0.2) is 49.1 Å². The molecule has 0 radical (unpaired) electrons. The van der Waals surface area contributed by atoms with E-state index in [2.05, 4.69) is 20.5 Å². The Bertz CT molecular complexity index is 1140. The fourth-order valence-corrected chi connectivity index (χ4v) is 3.50. The summed E-state index contributed by atoms with van der Waals surface area (Å²) in [4.78, 5) is 29.1. The summed E-state index contributed by atoms with van der Waals surface area (Å²) < 4.78 is 1.75. The monoisotopic (exact) mass is 418 g/mol. The number of hydrogen-bond donors (Lipinski definition) is 1. The molecule has 1 N–H and O–H groups in total. The maximum absolute atomic E-state index is 12.8. The van der Waals surface area contributed by atoms with Crippen LogP contribution >= 0.6 is 0 Å². The first kappa shape index (κ1) is 20.0. The van der Waals surface area contributed by atoms with Crippen LogP contribution in [-0.2, 0) is 4.79 Å². The second-order valence-electron chi connectivity index (χ2n) is 7.09. The zero-order valence-electron chi connectivity index (χ0n) is 16.4. The van der Waals surface area contributed by atoms with Crippen LogP contribution in [0.3, 0.4) is 0 Å². The first-order chi connectivity index (χ1) is 15.0. The van der Waals surface area contributed by atoms with Crippen molar-refractivity contribution >= 4 is 23.1 Å². The molecule has 156 valence electrons. The molecule has 1 aliphatic heterocycles. The first-order valence-corrected chi connectivity index (χ1v) is 9.61. The van der Waals surface area contributed by atoms with Gasteiger partial charge in [0.15, 0.2) is 11.6 Å². The number of imidazole rings is 1. The number of piperidine rings is 1. The Balaban J connectivity index is 1.44. The number of nitrogens with zero attached hydrogens (tertiary/aromatic N) is 7. The molecule has 3 aromatic rings. The average Bonchev–Trinajstić information content (AvgIpc) is 3.34. The molecule has 1 fully saturated rings. The lowest BCUT2D eigenvalue weighted by Crippen LogP contribution is -2.41. The van der Waals surface area contributed by atoms with Crippen LogP contribution in [0.2, 0.25) is 0 Å². The van der Waals surface area contributed by atoms with E-state index in [4.69, 9.17) is 0 Å². The number of hydrogen-bond acceptors (Lipinski definition) is 8. The van der Waals surface area contributed by atoms with Gasteiger partial charge in [0.25, 0.3) is 5.69 Å². The third-order valence-electron chi connectivity index (χ3n) is 5.11. The van der Waals surface area contributed by atoms with Crippen molar-refractivity contribution in [2.24, 2.45) is 5.92 Å². The van der Waals surface area contributed by atoms with Crippen LogP contribution < -0.4 is 10.2 Å². The molecule has 1 amide bonds. The van der Waals surface area contributed by atoms with Gasteiger partial charge in [0.2, 0.25) is 5.91 Å². The molecule has 1 saturated heterocycles. The predicted molar refractivity (Wildman–Crippen MR) is 111 cm³/mol. The average molecular weight is 418 g/mol. The van der Waals surface area contributed by atoms with Crippen molar-refractivity contribution in [2.75, 3.05) is 23.3 Å². The Hall–Kier alpha value is -4.33. The van der Waals surface area contributed by atoms with Crippen LogP contribution in [0.25, 0.3) is 5.82 Å². The van der Waals surface area contributed by atoms with Crippen LogP contribution in [0.5, 0.6) is 0 Å². The number of benzene rings is 1. The number of nitrogens with one attached hydrogen (secondary N) is 1. The minimum absolute atomic E-state index is 0.0520. The van der Waals surface area contributed by atoms with E-state index in [1.165, 1.54) is 12.1 Å². The van der Waals surface area contributed by atoms with Gasteiger partial charge in [0, 0.05) is 37.6 Å². The molecule has 31 heavy (non-hydrogen) atoms. The van der Waals surface area contributed by atoms with Gasteiger partial charge >= 0.3 is 0 Å². The van der Waals surface area contributed by atoms with E-state index in [0.717, 1.165) is 19.0 Å². The normalized spacial score (nSPS) is 15.8. The number of nitriles is 1. The van der Waals surface area contributed by atoms with Crippen molar-refractivity contribution in [2.45, 2.75) is 12.8 Å². The third kappa shape index (κ3) is 4.32. The number of non-ortho nitro benzene ring substituents is 1. The Morgan fingerprint density at radius 2 is 2.06 bits per heavy atom. The molecule has 1 atom stereocenters. The molecule has 0 aliphatic carbocycles. The van der Waals surface area contributed by atoms with Gasteiger partial charge < -0.3 is 10.2 Å². The van der Waals surface area contributed by atoms with Gasteiger partial charge in [-0.05, 0) is 31.0 Å². The molecule has 1 unspecified atom stereocenters. The van der Waals surface area contributed by atoms with Crippen LogP contribution in [-0.4, -0.2) is 43.7 Å². The van der Waals surface area contributed by atoms with Crippen LogP contribution in [0.1, 0.15) is 18.4 Å². The Kier molecular flexibility index (Phi) is 5.53. The van der Waals surface area contributed by atoms with Crippen LogP contribution in [0.4, 0.5) is 17.2 Å².